The zero-order valence-corrected chi connectivity index (χ0v) is 12.1. The minimum absolute atomic E-state index is 0.111. The zero-order valence-electron chi connectivity index (χ0n) is 12.1. The van der Waals surface area contributed by atoms with Crippen LogP contribution in [-0.2, 0) is 9.53 Å². The van der Waals surface area contributed by atoms with Crippen LogP contribution in [0.1, 0.15) is 45.4 Å². The molecule has 1 amide bonds. The largest absolute Gasteiger partial charge is 0.399 e. The van der Waals surface area contributed by atoms with E-state index in [1.807, 2.05) is 19.1 Å². The molecule has 0 saturated heterocycles. The third kappa shape index (κ3) is 4.53. The predicted octanol–water partition coefficient (Wildman–Crippen LogP) is 3.34. The number of ether oxygens (including phenoxy) is 1. The van der Waals surface area contributed by atoms with Crippen LogP contribution in [0.3, 0.4) is 0 Å². The predicted molar refractivity (Wildman–Crippen MR) is 81.5 cm³/mol. The van der Waals surface area contributed by atoms with Crippen molar-refractivity contribution in [3.8, 4) is 0 Å². The Balaban J connectivity index is 1.85. The smallest absolute Gasteiger partial charge is 0.253 e. The molecule has 20 heavy (non-hydrogen) atoms. The van der Waals surface area contributed by atoms with Gasteiger partial charge in [0, 0.05) is 11.4 Å². The van der Waals surface area contributed by atoms with Crippen molar-refractivity contribution in [3.63, 3.8) is 0 Å². The molecule has 1 aliphatic carbocycles. The molecule has 1 unspecified atom stereocenters. The molecule has 2 rings (SSSR count). The molecule has 0 spiro atoms. The monoisotopic (exact) mass is 276 g/mol. The van der Waals surface area contributed by atoms with E-state index in [9.17, 15) is 4.79 Å². The Hall–Kier alpha value is -1.55. The molecule has 3 N–H and O–H groups in total. The molecular formula is C16H24N2O2. The molecule has 1 aromatic carbocycles. The number of nitrogens with two attached hydrogens (primary N) is 1. The molecule has 1 aromatic rings. The maximum atomic E-state index is 12.1. The minimum Gasteiger partial charge on any atom is -0.399 e. The van der Waals surface area contributed by atoms with Crippen LogP contribution in [0.2, 0.25) is 0 Å². The third-order valence-electron chi connectivity index (χ3n) is 3.72. The first kappa shape index (κ1) is 14.9. The molecule has 4 heteroatoms. The van der Waals surface area contributed by atoms with Gasteiger partial charge in [-0.2, -0.15) is 0 Å². The van der Waals surface area contributed by atoms with Gasteiger partial charge in [-0.05, 0) is 38.0 Å². The summed E-state index contributed by atoms with van der Waals surface area (Å²) in [5.41, 5.74) is 7.05. The van der Waals surface area contributed by atoms with Gasteiger partial charge in [-0.3, -0.25) is 4.79 Å². The van der Waals surface area contributed by atoms with Crippen LogP contribution in [0, 0.1) is 0 Å². The number of rotatable bonds is 4. The summed E-state index contributed by atoms with van der Waals surface area (Å²) in [5, 5.41) is 2.84. The molecule has 4 nitrogen and oxygen atoms in total. The fourth-order valence-corrected chi connectivity index (χ4v) is 2.59. The summed E-state index contributed by atoms with van der Waals surface area (Å²) in [6, 6.07) is 7.19. The summed E-state index contributed by atoms with van der Waals surface area (Å²) in [5.74, 6) is -0.111. The maximum Gasteiger partial charge on any atom is 0.253 e. The van der Waals surface area contributed by atoms with Crippen molar-refractivity contribution in [2.75, 3.05) is 11.1 Å². The van der Waals surface area contributed by atoms with E-state index in [0.717, 1.165) is 12.8 Å². The highest BCUT2D eigenvalue weighted by molar-refractivity contribution is 5.94. The van der Waals surface area contributed by atoms with Crippen molar-refractivity contribution in [1.29, 1.82) is 0 Å². The van der Waals surface area contributed by atoms with E-state index in [1.54, 1.807) is 12.1 Å². The van der Waals surface area contributed by atoms with Crippen LogP contribution in [0.5, 0.6) is 0 Å². The topological polar surface area (TPSA) is 64.3 Å². The number of benzene rings is 1. The van der Waals surface area contributed by atoms with Gasteiger partial charge in [0.2, 0.25) is 0 Å². The van der Waals surface area contributed by atoms with Crippen molar-refractivity contribution in [3.05, 3.63) is 24.3 Å². The SMILES string of the molecule is CC(OC1CCCCCC1)C(=O)Nc1cccc(N)c1. The van der Waals surface area contributed by atoms with E-state index < -0.39 is 6.10 Å². The Morgan fingerprint density at radius 1 is 1.30 bits per heavy atom. The molecule has 1 aliphatic rings. The summed E-state index contributed by atoms with van der Waals surface area (Å²) >= 11 is 0. The Labute approximate surface area is 120 Å². The highest BCUT2D eigenvalue weighted by atomic mass is 16.5. The number of anilines is 2. The van der Waals surface area contributed by atoms with Crippen LogP contribution >= 0.6 is 0 Å². The van der Waals surface area contributed by atoms with E-state index >= 15 is 0 Å². The van der Waals surface area contributed by atoms with E-state index in [2.05, 4.69) is 5.32 Å². The van der Waals surface area contributed by atoms with Gasteiger partial charge in [-0.25, -0.2) is 0 Å². The molecule has 0 aromatic heterocycles. The third-order valence-corrected chi connectivity index (χ3v) is 3.72. The number of nitrogen functional groups attached to an aromatic ring is 1. The summed E-state index contributed by atoms with van der Waals surface area (Å²) in [6.07, 6.45) is 6.89. The number of amides is 1. The first-order valence-electron chi connectivity index (χ1n) is 7.47. The van der Waals surface area contributed by atoms with Gasteiger partial charge in [0.05, 0.1) is 6.10 Å². The lowest BCUT2D eigenvalue weighted by atomic mass is 10.1. The van der Waals surface area contributed by atoms with E-state index in [-0.39, 0.29) is 12.0 Å². The number of carbonyl (C=O) groups excluding carboxylic acids is 1. The van der Waals surface area contributed by atoms with Crippen molar-refractivity contribution < 1.29 is 9.53 Å². The molecule has 1 saturated carbocycles. The van der Waals surface area contributed by atoms with Crippen LogP contribution in [0.25, 0.3) is 0 Å². The summed E-state index contributed by atoms with van der Waals surface area (Å²) in [4.78, 5) is 12.1. The van der Waals surface area contributed by atoms with Gasteiger partial charge in [-0.15, -0.1) is 0 Å². The van der Waals surface area contributed by atoms with Gasteiger partial charge in [-0.1, -0.05) is 31.7 Å². The lowest BCUT2D eigenvalue weighted by Gasteiger charge is -2.20. The molecule has 0 aliphatic heterocycles. The highest BCUT2D eigenvalue weighted by Gasteiger charge is 2.20. The normalized spacial score (nSPS) is 18.2. The molecule has 0 bridgehead atoms. The molecular weight excluding hydrogens is 252 g/mol. The number of hydrogen-bond acceptors (Lipinski definition) is 3. The van der Waals surface area contributed by atoms with Gasteiger partial charge in [0.15, 0.2) is 0 Å². The van der Waals surface area contributed by atoms with Crippen molar-refractivity contribution >= 4 is 17.3 Å². The average Bonchev–Trinajstić information content (AvgIpc) is 2.67. The quantitative estimate of drug-likeness (QED) is 0.655. The summed E-state index contributed by atoms with van der Waals surface area (Å²) in [7, 11) is 0. The first-order valence-corrected chi connectivity index (χ1v) is 7.47. The Morgan fingerprint density at radius 2 is 2.00 bits per heavy atom. The first-order chi connectivity index (χ1) is 9.65. The summed E-state index contributed by atoms with van der Waals surface area (Å²) in [6.45, 7) is 1.81. The lowest BCUT2D eigenvalue weighted by Crippen LogP contribution is -2.31. The number of carbonyl (C=O) groups is 1. The number of nitrogens with one attached hydrogen (secondary N) is 1. The maximum absolute atomic E-state index is 12.1. The summed E-state index contributed by atoms with van der Waals surface area (Å²) < 4.78 is 5.89. The van der Waals surface area contributed by atoms with Crippen molar-refractivity contribution in [1.82, 2.24) is 0 Å². The van der Waals surface area contributed by atoms with E-state index in [1.165, 1.54) is 25.7 Å². The second kappa shape index (κ2) is 7.29. The van der Waals surface area contributed by atoms with E-state index in [4.69, 9.17) is 10.5 Å². The second-order valence-corrected chi connectivity index (χ2v) is 5.51. The molecule has 0 heterocycles. The van der Waals surface area contributed by atoms with Crippen LogP contribution in [-0.4, -0.2) is 18.1 Å². The Bertz CT molecular complexity index is 440. The van der Waals surface area contributed by atoms with Gasteiger partial charge < -0.3 is 15.8 Å². The van der Waals surface area contributed by atoms with Gasteiger partial charge >= 0.3 is 0 Å². The lowest BCUT2D eigenvalue weighted by molar-refractivity contribution is -0.130. The van der Waals surface area contributed by atoms with Crippen LogP contribution < -0.4 is 11.1 Å². The minimum atomic E-state index is -0.431. The molecule has 1 atom stereocenters. The van der Waals surface area contributed by atoms with Crippen LogP contribution in [0.15, 0.2) is 24.3 Å². The zero-order chi connectivity index (χ0) is 14.4. The molecule has 0 radical (unpaired) electrons. The number of hydrogen-bond donors (Lipinski definition) is 2. The fourth-order valence-electron chi connectivity index (χ4n) is 2.59. The van der Waals surface area contributed by atoms with Crippen molar-refractivity contribution in [2.24, 2.45) is 0 Å². The molecule has 110 valence electrons. The molecule has 1 fully saturated rings. The Kier molecular flexibility index (Phi) is 5.41. The fraction of sp³-hybridized carbons (Fsp3) is 0.562. The Morgan fingerprint density at radius 3 is 2.65 bits per heavy atom. The second-order valence-electron chi connectivity index (χ2n) is 5.51. The van der Waals surface area contributed by atoms with Crippen molar-refractivity contribution in [2.45, 2.75) is 57.7 Å². The standard InChI is InChI=1S/C16H24N2O2/c1-12(20-15-9-4-2-3-5-10-15)16(19)18-14-8-6-7-13(17)11-14/h6-8,11-12,15H,2-5,9-10,17H2,1H3,(H,18,19). The highest BCUT2D eigenvalue weighted by Crippen LogP contribution is 2.21. The average molecular weight is 276 g/mol. The van der Waals surface area contributed by atoms with Gasteiger partial charge in [0.25, 0.3) is 5.91 Å². The van der Waals surface area contributed by atoms with E-state index in [0.29, 0.717) is 11.4 Å². The van der Waals surface area contributed by atoms with Gasteiger partial charge in [0.1, 0.15) is 6.10 Å². The van der Waals surface area contributed by atoms with Crippen LogP contribution in [0.4, 0.5) is 11.4 Å².